The molecule has 2 rings (SSSR count). The first-order chi connectivity index (χ1) is 7.93. The van der Waals surface area contributed by atoms with E-state index in [1.165, 1.54) is 6.07 Å². The third kappa shape index (κ3) is 1.70. The van der Waals surface area contributed by atoms with Gasteiger partial charge in [0.15, 0.2) is 0 Å². The standard InChI is InChI=1S/C11H6BrFO4/c12-9-5(13)2-1-4-3-6(14)8(11(16)17)10(15)7(4)9/h1-3,14-15H,(H,16,17). The van der Waals surface area contributed by atoms with Gasteiger partial charge >= 0.3 is 5.97 Å². The Morgan fingerprint density at radius 2 is 1.94 bits per heavy atom. The molecule has 0 fully saturated rings. The van der Waals surface area contributed by atoms with Crippen LogP contribution in [0, 0.1) is 5.82 Å². The topological polar surface area (TPSA) is 77.8 Å². The maximum absolute atomic E-state index is 13.3. The monoisotopic (exact) mass is 300 g/mol. The zero-order chi connectivity index (χ0) is 12.7. The lowest BCUT2D eigenvalue weighted by Crippen LogP contribution is -1.98. The predicted octanol–water partition coefficient (Wildman–Crippen LogP) is 2.85. The number of carbonyl (C=O) groups is 1. The van der Waals surface area contributed by atoms with Gasteiger partial charge in [0.1, 0.15) is 22.9 Å². The maximum Gasteiger partial charge on any atom is 0.343 e. The summed E-state index contributed by atoms with van der Waals surface area (Å²) >= 11 is 2.93. The van der Waals surface area contributed by atoms with Crippen LogP contribution in [0.5, 0.6) is 11.5 Å². The van der Waals surface area contributed by atoms with Crippen molar-refractivity contribution < 1.29 is 24.5 Å². The van der Waals surface area contributed by atoms with Gasteiger partial charge in [0, 0.05) is 5.39 Å². The van der Waals surface area contributed by atoms with E-state index in [9.17, 15) is 19.4 Å². The van der Waals surface area contributed by atoms with Crippen LogP contribution in [0.15, 0.2) is 22.7 Å². The van der Waals surface area contributed by atoms with Crippen molar-refractivity contribution in [1.82, 2.24) is 0 Å². The third-order valence-electron chi connectivity index (χ3n) is 2.36. The number of hydrogen-bond donors (Lipinski definition) is 3. The van der Waals surface area contributed by atoms with Crippen LogP contribution in [0.3, 0.4) is 0 Å². The lowest BCUT2D eigenvalue weighted by Gasteiger charge is -2.09. The molecular weight excluding hydrogens is 295 g/mol. The molecule has 0 aliphatic heterocycles. The Morgan fingerprint density at radius 1 is 1.29 bits per heavy atom. The first-order valence-corrected chi connectivity index (χ1v) is 5.28. The quantitative estimate of drug-likeness (QED) is 0.757. The SMILES string of the molecule is O=C(O)c1c(O)cc2ccc(F)c(Br)c2c1O. The molecule has 6 heteroatoms. The molecule has 0 bridgehead atoms. The zero-order valence-corrected chi connectivity index (χ0v) is 9.82. The maximum atomic E-state index is 13.3. The van der Waals surface area contributed by atoms with Crippen LogP contribution in [0.1, 0.15) is 10.4 Å². The molecule has 0 atom stereocenters. The fourth-order valence-corrected chi connectivity index (χ4v) is 2.15. The van der Waals surface area contributed by atoms with Crippen molar-refractivity contribution >= 4 is 32.7 Å². The number of aromatic carboxylic acids is 1. The van der Waals surface area contributed by atoms with Gasteiger partial charge in [-0.15, -0.1) is 0 Å². The van der Waals surface area contributed by atoms with Crippen molar-refractivity contribution in [3.63, 3.8) is 0 Å². The number of fused-ring (bicyclic) bond motifs is 1. The fraction of sp³-hybridized carbons (Fsp3) is 0. The molecule has 0 unspecified atom stereocenters. The van der Waals surface area contributed by atoms with E-state index >= 15 is 0 Å². The predicted molar refractivity (Wildman–Crippen MR) is 61.9 cm³/mol. The molecule has 4 nitrogen and oxygen atoms in total. The Morgan fingerprint density at radius 3 is 2.53 bits per heavy atom. The van der Waals surface area contributed by atoms with Crippen LogP contribution in [0.25, 0.3) is 10.8 Å². The molecule has 0 aromatic heterocycles. The van der Waals surface area contributed by atoms with Crippen molar-refractivity contribution in [2.75, 3.05) is 0 Å². The van der Waals surface area contributed by atoms with Gasteiger partial charge in [-0.3, -0.25) is 0 Å². The lowest BCUT2D eigenvalue weighted by molar-refractivity contribution is 0.0691. The average molecular weight is 301 g/mol. The number of aromatic hydroxyl groups is 2. The highest BCUT2D eigenvalue weighted by Crippen LogP contribution is 2.40. The highest BCUT2D eigenvalue weighted by Gasteiger charge is 2.21. The molecule has 0 amide bonds. The smallest absolute Gasteiger partial charge is 0.343 e. The minimum absolute atomic E-state index is 0.0141. The fourth-order valence-electron chi connectivity index (χ4n) is 1.60. The first-order valence-electron chi connectivity index (χ1n) is 4.49. The number of benzene rings is 2. The Hall–Kier alpha value is -1.82. The number of carboxylic acids is 1. The number of halogens is 2. The molecule has 0 aliphatic rings. The number of phenols is 2. The van der Waals surface area contributed by atoms with Crippen molar-refractivity contribution in [2.24, 2.45) is 0 Å². The largest absolute Gasteiger partial charge is 0.507 e. The second-order valence-corrected chi connectivity index (χ2v) is 4.18. The van der Waals surface area contributed by atoms with Crippen molar-refractivity contribution in [3.05, 3.63) is 34.1 Å². The summed E-state index contributed by atoms with van der Waals surface area (Å²) in [6.07, 6.45) is 0. The van der Waals surface area contributed by atoms with E-state index in [2.05, 4.69) is 15.9 Å². The van der Waals surface area contributed by atoms with Gasteiger partial charge in [-0.05, 0) is 33.4 Å². The van der Waals surface area contributed by atoms with E-state index in [0.29, 0.717) is 5.39 Å². The summed E-state index contributed by atoms with van der Waals surface area (Å²) in [5.41, 5.74) is -0.649. The number of hydrogen-bond acceptors (Lipinski definition) is 3. The van der Waals surface area contributed by atoms with E-state index in [0.717, 1.165) is 12.1 Å². The van der Waals surface area contributed by atoms with E-state index in [1.54, 1.807) is 0 Å². The summed E-state index contributed by atoms with van der Waals surface area (Å²) in [4.78, 5) is 10.9. The summed E-state index contributed by atoms with van der Waals surface area (Å²) in [6, 6.07) is 3.63. The van der Waals surface area contributed by atoms with E-state index < -0.39 is 28.8 Å². The molecule has 17 heavy (non-hydrogen) atoms. The molecule has 0 aliphatic carbocycles. The number of rotatable bonds is 1. The first kappa shape index (κ1) is 11.7. The minimum atomic E-state index is -1.49. The zero-order valence-electron chi connectivity index (χ0n) is 8.24. The highest BCUT2D eigenvalue weighted by molar-refractivity contribution is 9.10. The summed E-state index contributed by atoms with van der Waals surface area (Å²) in [5.74, 6) is -3.35. The Kier molecular flexibility index (Phi) is 2.66. The Balaban J connectivity index is 2.99. The van der Waals surface area contributed by atoms with E-state index in [-0.39, 0.29) is 9.86 Å². The third-order valence-corrected chi connectivity index (χ3v) is 3.14. The molecule has 88 valence electrons. The van der Waals surface area contributed by atoms with E-state index in [1.807, 2.05) is 0 Å². The second-order valence-electron chi connectivity index (χ2n) is 3.38. The molecule has 0 saturated heterocycles. The van der Waals surface area contributed by atoms with Gasteiger partial charge in [-0.1, -0.05) is 6.07 Å². The Labute approximate surface area is 103 Å². The van der Waals surface area contributed by atoms with Crippen LogP contribution in [0.4, 0.5) is 4.39 Å². The van der Waals surface area contributed by atoms with Gasteiger partial charge in [0.25, 0.3) is 0 Å². The second kappa shape index (κ2) is 3.89. The van der Waals surface area contributed by atoms with Gasteiger partial charge < -0.3 is 15.3 Å². The van der Waals surface area contributed by atoms with Gasteiger partial charge in [0.2, 0.25) is 0 Å². The van der Waals surface area contributed by atoms with Crippen LogP contribution in [-0.4, -0.2) is 21.3 Å². The molecule has 2 aromatic carbocycles. The van der Waals surface area contributed by atoms with E-state index in [4.69, 9.17) is 5.11 Å². The highest BCUT2D eigenvalue weighted by atomic mass is 79.9. The lowest BCUT2D eigenvalue weighted by atomic mass is 10.0. The number of carboxylic acid groups (broad SMARTS) is 1. The Bertz CT molecular complexity index is 639. The molecule has 2 aromatic rings. The molecule has 3 N–H and O–H groups in total. The van der Waals surface area contributed by atoms with Gasteiger partial charge in [-0.2, -0.15) is 0 Å². The summed E-state index contributed by atoms with van der Waals surface area (Å²) in [5, 5.41) is 28.4. The average Bonchev–Trinajstić information content (AvgIpc) is 2.22. The molecule has 0 saturated carbocycles. The minimum Gasteiger partial charge on any atom is -0.507 e. The molecule has 0 radical (unpaired) electrons. The van der Waals surface area contributed by atoms with Gasteiger partial charge in [0.05, 0.1) is 4.47 Å². The summed E-state index contributed by atoms with van der Waals surface area (Å²) in [6.45, 7) is 0. The van der Waals surface area contributed by atoms with Crippen LogP contribution in [0.2, 0.25) is 0 Å². The summed E-state index contributed by atoms with van der Waals surface area (Å²) in [7, 11) is 0. The normalized spacial score (nSPS) is 10.7. The van der Waals surface area contributed by atoms with Crippen LogP contribution in [-0.2, 0) is 0 Å². The van der Waals surface area contributed by atoms with Crippen molar-refractivity contribution in [3.8, 4) is 11.5 Å². The molecule has 0 spiro atoms. The van der Waals surface area contributed by atoms with Crippen LogP contribution < -0.4 is 0 Å². The van der Waals surface area contributed by atoms with Gasteiger partial charge in [-0.25, -0.2) is 9.18 Å². The molecule has 0 heterocycles. The molecular formula is C11H6BrFO4. The van der Waals surface area contributed by atoms with Crippen molar-refractivity contribution in [2.45, 2.75) is 0 Å². The summed E-state index contributed by atoms with van der Waals surface area (Å²) < 4.78 is 13.2. The van der Waals surface area contributed by atoms with Crippen molar-refractivity contribution in [1.29, 1.82) is 0 Å². The van der Waals surface area contributed by atoms with Crippen LogP contribution >= 0.6 is 15.9 Å².